The van der Waals surface area contributed by atoms with Crippen LogP contribution in [0.2, 0.25) is 0 Å². The van der Waals surface area contributed by atoms with E-state index in [-0.39, 0.29) is 5.69 Å². The highest BCUT2D eigenvalue weighted by Crippen LogP contribution is 2.27. The maximum atomic E-state index is 11.6. The summed E-state index contributed by atoms with van der Waals surface area (Å²) in [5.41, 5.74) is 1.42. The summed E-state index contributed by atoms with van der Waals surface area (Å²) in [6.45, 7) is 0. The molecule has 1 aliphatic heterocycles. The Morgan fingerprint density at radius 3 is 2.50 bits per heavy atom. The Morgan fingerprint density at radius 2 is 1.91 bits per heavy atom. The average molecular weight is 315 g/mol. The summed E-state index contributed by atoms with van der Waals surface area (Å²) in [5.74, 6) is -0.425. The Kier molecular flexibility index (Phi) is 3.51. The summed E-state index contributed by atoms with van der Waals surface area (Å²) < 4.78 is 1.77. The summed E-state index contributed by atoms with van der Waals surface area (Å²) in [5, 5.41) is 12.5. The van der Waals surface area contributed by atoms with E-state index in [2.05, 4.69) is 5.32 Å². The number of amides is 2. The minimum Gasteiger partial charge on any atom is -0.317 e. The molecule has 0 spiro atoms. The fraction of sp³-hybridized carbons (Fsp3) is 0. The summed E-state index contributed by atoms with van der Waals surface area (Å²) in [6.07, 6.45) is 3.37. The molecule has 1 N–H and O–H groups in total. The molecule has 1 aromatic heterocycles. The van der Waals surface area contributed by atoms with E-state index in [1.165, 1.54) is 12.1 Å². The molecule has 7 nitrogen and oxygen atoms in total. The van der Waals surface area contributed by atoms with E-state index in [4.69, 9.17) is 0 Å². The van der Waals surface area contributed by atoms with Crippen molar-refractivity contribution >= 4 is 34.7 Å². The van der Waals surface area contributed by atoms with Gasteiger partial charge in [-0.3, -0.25) is 25.0 Å². The van der Waals surface area contributed by atoms with Gasteiger partial charge in [-0.15, -0.1) is 0 Å². The molecule has 3 rings (SSSR count). The lowest BCUT2D eigenvalue weighted by Crippen LogP contribution is -2.17. The van der Waals surface area contributed by atoms with Crippen molar-refractivity contribution in [1.82, 2.24) is 9.88 Å². The molecule has 1 fully saturated rings. The monoisotopic (exact) mass is 315 g/mol. The number of nitro groups is 1. The van der Waals surface area contributed by atoms with Crippen molar-refractivity contribution in [3.8, 4) is 5.69 Å². The summed E-state index contributed by atoms with van der Waals surface area (Å²) in [6, 6.07) is 9.62. The van der Waals surface area contributed by atoms with Crippen molar-refractivity contribution in [3.63, 3.8) is 0 Å². The van der Waals surface area contributed by atoms with Gasteiger partial charge in [0.15, 0.2) is 0 Å². The molecule has 2 heterocycles. The number of benzene rings is 1. The zero-order valence-corrected chi connectivity index (χ0v) is 11.9. The molecule has 1 aliphatic rings. The van der Waals surface area contributed by atoms with Crippen molar-refractivity contribution in [3.05, 3.63) is 63.3 Å². The number of thioether (sulfide) groups is 1. The second-order valence-corrected chi connectivity index (χ2v) is 5.44. The first-order valence-electron chi connectivity index (χ1n) is 6.21. The number of imide groups is 1. The Labute approximate surface area is 128 Å². The second kappa shape index (κ2) is 5.49. The summed E-state index contributed by atoms with van der Waals surface area (Å²) >= 11 is 0.841. The molecule has 0 radical (unpaired) electrons. The van der Waals surface area contributed by atoms with E-state index < -0.39 is 16.1 Å². The first kappa shape index (κ1) is 14.1. The van der Waals surface area contributed by atoms with Crippen LogP contribution in [-0.4, -0.2) is 20.6 Å². The van der Waals surface area contributed by atoms with E-state index in [0.717, 1.165) is 17.4 Å². The smallest absolute Gasteiger partial charge is 0.290 e. The Balaban J connectivity index is 1.95. The molecule has 0 atom stereocenters. The maximum Gasteiger partial charge on any atom is 0.290 e. The van der Waals surface area contributed by atoms with Gasteiger partial charge in [0.1, 0.15) is 0 Å². The number of non-ortho nitro benzene ring substituents is 1. The third kappa shape index (κ3) is 2.63. The van der Waals surface area contributed by atoms with Crippen molar-refractivity contribution in [1.29, 1.82) is 0 Å². The number of carbonyl (C=O) groups excluding carboxylic acids is 2. The van der Waals surface area contributed by atoms with Gasteiger partial charge in [-0.1, -0.05) is 0 Å². The van der Waals surface area contributed by atoms with Gasteiger partial charge < -0.3 is 4.57 Å². The fourth-order valence-corrected chi connectivity index (χ4v) is 2.70. The Morgan fingerprint density at radius 1 is 1.18 bits per heavy atom. The van der Waals surface area contributed by atoms with Crippen LogP contribution in [0.4, 0.5) is 10.5 Å². The van der Waals surface area contributed by atoms with Crippen LogP contribution >= 0.6 is 11.8 Å². The van der Waals surface area contributed by atoms with Crippen molar-refractivity contribution in [2.45, 2.75) is 0 Å². The van der Waals surface area contributed by atoms with Crippen LogP contribution in [-0.2, 0) is 4.79 Å². The van der Waals surface area contributed by atoms with Gasteiger partial charge >= 0.3 is 0 Å². The van der Waals surface area contributed by atoms with Gasteiger partial charge in [0.05, 0.1) is 9.83 Å². The molecular weight excluding hydrogens is 306 g/mol. The molecule has 1 saturated heterocycles. The molecule has 0 bridgehead atoms. The SMILES string of the molecule is O=C1NC(=O)/C(=C/c2cccn2-c2ccc([N+](=O)[O-])cc2)S1. The van der Waals surface area contributed by atoms with E-state index >= 15 is 0 Å². The standard InChI is InChI=1S/C14H9N3O4S/c18-13-12(22-14(19)15-13)8-11-2-1-7-16(11)9-3-5-10(6-4-9)17(20)21/h1-8H,(H,15,18,19)/b12-8-. The third-order valence-electron chi connectivity index (χ3n) is 3.04. The zero-order valence-electron chi connectivity index (χ0n) is 11.1. The van der Waals surface area contributed by atoms with E-state index in [0.29, 0.717) is 10.6 Å². The molecule has 0 saturated carbocycles. The number of nitrogens with one attached hydrogen (secondary N) is 1. The van der Waals surface area contributed by atoms with Gasteiger partial charge in [0.25, 0.3) is 16.8 Å². The maximum absolute atomic E-state index is 11.6. The number of carbonyl (C=O) groups is 2. The highest BCUT2D eigenvalue weighted by atomic mass is 32.2. The lowest BCUT2D eigenvalue weighted by molar-refractivity contribution is -0.384. The molecule has 8 heteroatoms. The first-order chi connectivity index (χ1) is 10.5. The molecule has 0 aliphatic carbocycles. The molecule has 1 aromatic carbocycles. The van der Waals surface area contributed by atoms with Crippen LogP contribution in [0.15, 0.2) is 47.5 Å². The number of nitrogens with zero attached hydrogens (tertiary/aromatic N) is 2. The van der Waals surface area contributed by atoms with Gasteiger partial charge in [-0.05, 0) is 42.1 Å². The van der Waals surface area contributed by atoms with Crippen molar-refractivity contribution in [2.24, 2.45) is 0 Å². The van der Waals surface area contributed by atoms with Gasteiger partial charge in [-0.25, -0.2) is 0 Å². The normalized spacial score (nSPS) is 16.1. The number of aromatic nitrogens is 1. The van der Waals surface area contributed by atoms with Crippen LogP contribution in [0.1, 0.15) is 5.69 Å². The summed E-state index contributed by atoms with van der Waals surface area (Å²) in [7, 11) is 0. The summed E-state index contributed by atoms with van der Waals surface area (Å²) in [4.78, 5) is 33.3. The minimum absolute atomic E-state index is 0.00661. The predicted octanol–water partition coefficient (Wildman–Crippen LogP) is 2.71. The second-order valence-electron chi connectivity index (χ2n) is 4.43. The number of rotatable bonds is 3. The van der Waals surface area contributed by atoms with Crippen LogP contribution in [0.3, 0.4) is 0 Å². The van der Waals surface area contributed by atoms with Crippen LogP contribution < -0.4 is 5.32 Å². The number of hydrogen-bond donors (Lipinski definition) is 1. The van der Waals surface area contributed by atoms with E-state index in [9.17, 15) is 19.7 Å². The van der Waals surface area contributed by atoms with E-state index in [1.54, 1.807) is 41.1 Å². The zero-order chi connectivity index (χ0) is 15.7. The highest BCUT2D eigenvalue weighted by molar-refractivity contribution is 8.18. The minimum atomic E-state index is -0.465. The number of hydrogen-bond acceptors (Lipinski definition) is 5. The van der Waals surface area contributed by atoms with E-state index in [1.807, 2.05) is 0 Å². The Bertz CT molecular complexity index is 808. The molecule has 2 aromatic rings. The van der Waals surface area contributed by atoms with Gasteiger partial charge in [-0.2, -0.15) is 0 Å². The van der Waals surface area contributed by atoms with Gasteiger partial charge in [0.2, 0.25) is 0 Å². The van der Waals surface area contributed by atoms with Gasteiger partial charge in [0, 0.05) is 29.7 Å². The highest BCUT2D eigenvalue weighted by Gasteiger charge is 2.25. The molecule has 2 amide bonds. The fourth-order valence-electron chi connectivity index (χ4n) is 2.04. The van der Waals surface area contributed by atoms with Crippen LogP contribution in [0.5, 0.6) is 0 Å². The Hall–Kier alpha value is -2.87. The quantitative estimate of drug-likeness (QED) is 0.534. The molecular formula is C14H9N3O4S. The lowest BCUT2D eigenvalue weighted by Gasteiger charge is -2.06. The van der Waals surface area contributed by atoms with Crippen molar-refractivity contribution in [2.75, 3.05) is 0 Å². The predicted molar refractivity (Wildman–Crippen MR) is 81.5 cm³/mol. The largest absolute Gasteiger partial charge is 0.317 e. The first-order valence-corrected chi connectivity index (χ1v) is 7.03. The number of nitro benzene ring substituents is 1. The lowest BCUT2D eigenvalue weighted by atomic mass is 10.2. The van der Waals surface area contributed by atoms with Crippen LogP contribution in [0.25, 0.3) is 11.8 Å². The van der Waals surface area contributed by atoms with Crippen molar-refractivity contribution < 1.29 is 14.5 Å². The molecule has 0 unspecified atom stereocenters. The molecule has 22 heavy (non-hydrogen) atoms. The average Bonchev–Trinajstić information content (AvgIpc) is 3.06. The van der Waals surface area contributed by atoms with Crippen LogP contribution in [0, 0.1) is 10.1 Å². The molecule has 110 valence electrons. The third-order valence-corrected chi connectivity index (χ3v) is 3.85. The topological polar surface area (TPSA) is 94.2 Å².